The number of unbranched alkanes of at least 4 members (excludes halogenated alkanes) is 1. The van der Waals surface area contributed by atoms with Crippen LogP contribution in [0.1, 0.15) is 42.2 Å². The summed E-state index contributed by atoms with van der Waals surface area (Å²) in [5, 5.41) is 3.17. The van der Waals surface area contributed by atoms with E-state index in [2.05, 4.69) is 40.3 Å². The average Bonchev–Trinajstić information content (AvgIpc) is 3.08. The molecule has 0 aliphatic heterocycles. The molecule has 0 aliphatic rings. The number of nitrogens with two attached hydrogens (primary N) is 1. The number of hydrogen-bond acceptors (Lipinski definition) is 4. The van der Waals surface area contributed by atoms with Gasteiger partial charge in [0.05, 0.1) is 5.69 Å². The van der Waals surface area contributed by atoms with Gasteiger partial charge in [0.2, 0.25) is 0 Å². The number of nitrogens with one attached hydrogen (secondary N) is 1. The number of thiazole rings is 1. The summed E-state index contributed by atoms with van der Waals surface area (Å²) >= 11 is 1.69. The van der Waals surface area contributed by atoms with Gasteiger partial charge in [-0.15, -0.1) is 11.3 Å². The van der Waals surface area contributed by atoms with Crippen molar-refractivity contribution in [1.29, 1.82) is 0 Å². The van der Waals surface area contributed by atoms with E-state index in [0.29, 0.717) is 6.54 Å². The van der Waals surface area contributed by atoms with E-state index in [4.69, 9.17) is 5.73 Å². The highest BCUT2D eigenvalue weighted by Gasteiger charge is 2.22. The summed E-state index contributed by atoms with van der Waals surface area (Å²) in [6.45, 7) is 3.79. The van der Waals surface area contributed by atoms with E-state index < -0.39 is 0 Å². The third-order valence-electron chi connectivity index (χ3n) is 3.23. The van der Waals surface area contributed by atoms with Crippen LogP contribution in [0.5, 0.6) is 0 Å². The molecular weight excluding hydrogens is 256 g/mol. The topological polar surface area (TPSA) is 57.9 Å². The van der Waals surface area contributed by atoms with Crippen LogP contribution >= 0.6 is 11.3 Å². The maximum absolute atomic E-state index is 5.66. The van der Waals surface area contributed by atoms with Crippen molar-refractivity contribution in [3.8, 4) is 0 Å². The van der Waals surface area contributed by atoms with Gasteiger partial charge < -0.3 is 10.7 Å². The summed E-state index contributed by atoms with van der Waals surface area (Å²) in [7, 11) is 2.16. The maximum Gasteiger partial charge on any atom is 0.116 e. The number of aromatic nitrogens is 2. The first kappa shape index (κ1) is 14.2. The van der Waals surface area contributed by atoms with E-state index in [0.717, 1.165) is 17.2 Å². The Morgan fingerprint density at radius 2 is 2.37 bits per heavy atom. The number of nitrogens with zero attached hydrogens (tertiary/aromatic N) is 2. The fourth-order valence-corrected chi connectivity index (χ4v) is 3.16. The quantitative estimate of drug-likeness (QED) is 0.819. The third kappa shape index (κ3) is 3.43. The number of hydrogen-bond donors (Lipinski definition) is 2. The zero-order valence-electron chi connectivity index (χ0n) is 11.6. The second-order valence-corrected chi connectivity index (χ2v) is 5.63. The second kappa shape index (κ2) is 6.84. The average molecular weight is 278 g/mol. The van der Waals surface area contributed by atoms with Crippen molar-refractivity contribution in [2.75, 3.05) is 13.6 Å². The molecule has 1 atom stereocenters. The van der Waals surface area contributed by atoms with Gasteiger partial charge in [-0.1, -0.05) is 13.3 Å². The Hall–Kier alpha value is -1.17. The molecule has 2 heterocycles. The minimum atomic E-state index is 0.201. The van der Waals surface area contributed by atoms with Crippen LogP contribution in [0.2, 0.25) is 0 Å². The lowest BCUT2D eigenvalue weighted by molar-refractivity contribution is 0.270. The molecule has 1 unspecified atom stereocenters. The summed E-state index contributed by atoms with van der Waals surface area (Å²) in [5.74, 6) is 0. The molecule has 2 rings (SSSR count). The van der Waals surface area contributed by atoms with E-state index in [-0.39, 0.29) is 6.04 Å². The Bertz CT molecular complexity index is 477. The molecule has 0 radical (unpaired) electrons. The van der Waals surface area contributed by atoms with Crippen LogP contribution in [0.15, 0.2) is 23.7 Å². The van der Waals surface area contributed by atoms with Crippen molar-refractivity contribution >= 4 is 11.3 Å². The fourth-order valence-electron chi connectivity index (χ4n) is 2.15. The molecule has 5 heteroatoms. The van der Waals surface area contributed by atoms with Gasteiger partial charge in [0.15, 0.2) is 0 Å². The summed E-state index contributed by atoms with van der Waals surface area (Å²) < 4.78 is 0. The first-order valence-electron chi connectivity index (χ1n) is 6.74. The molecule has 0 saturated heterocycles. The van der Waals surface area contributed by atoms with E-state index in [1.165, 1.54) is 18.5 Å². The summed E-state index contributed by atoms with van der Waals surface area (Å²) in [6.07, 6.45) is 4.37. The molecule has 0 saturated carbocycles. The van der Waals surface area contributed by atoms with Gasteiger partial charge in [-0.3, -0.25) is 4.90 Å². The number of rotatable bonds is 7. The molecule has 0 spiro atoms. The Kier molecular flexibility index (Phi) is 5.13. The second-order valence-electron chi connectivity index (χ2n) is 4.74. The molecule has 2 aromatic heterocycles. The van der Waals surface area contributed by atoms with Crippen LogP contribution in [-0.4, -0.2) is 28.5 Å². The van der Waals surface area contributed by atoms with Crippen LogP contribution in [-0.2, 0) is 6.54 Å². The highest BCUT2D eigenvalue weighted by molar-refractivity contribution is 7.09. The van der Waals surface area contributed by atoms with Crippen LogP contribution in [0.4, 0.5) is 0 Å². The molecule has 0 amide bonds. The lowest BCUT2D eigenvalue weighted by atomic mass is 10.2. The zero-order chi connectivity index (χ0) is 13.7. The molecule has 19 heavy (non-hydrogen) atoms. The standard InChI is InChI=1S/C14H22N4S/c1-3-4-8-18(2)13(12-6-5-7-16-12)14-17-11(9-15)10-19-14/h5-7,10,13,16H,3-4,8-9,15H2,1-2H3. The van der Waals surface area contributed by atoms with Crippen molar-refractivity contribution in [3.63, 3.8) is 0 Å². The molecular formula is C14H22N4S. The monoisotopic (exact) mass is 278 g/mol. The first-order chi connectivity index (χ1) is 9.26. The Morgan fingerprint density at radius 1 is 1.53 bits per heavy atom. The van der Waals surface area contributed by atoms with Crippen LogP contribution < -0.4 is 5.73 Å². The Balaban J connectivity index is 2.23. The van der Waals surface area contributed by atoms with Crippen molar-refractivity contribution in [3.05, 3.63) is 40.1 Å². The van der Waals surface area contributed by atoms with Crippen molar-refractivity contribution in [2.24, 2.45) is 5.73 Å². The largest absolute Gasteiger partial charge is 0.363 e. The summed E-state index contributed by atoms with van der Waals surface area (Å²) in [4.78, 5) is 10.3. The minimum Gasteiger partial charge on any atom is -0.363 e. The SMILES string of the molecule is CCCCN(C)C(c1ccc[nH]1)c1nc(CN)cs1. The first-order valence-corrected chi connectivity index (χ1v) is 7.62. The molecule has 3 N–H and O–H groups in total. The van der Waals surface area contributed by atoms with Crippen LogP contribution in [0.25, 0.3) is 0 Å². The van der Waals surface area contributed by atoms with Crippen molar-refractivity contribution in [2.45, 2.75) is 32.4 Å². The number of H-pyrrole nitrogens is 1. The molecule has 0 aromatic carbocycles. The molecule has 4 nitrogen and oxygen atoms in total. The van der Waals surface area contributed by atoms with E-state index in [9.17, 15) is 0 Å². The van der Waals surface area contributed by atoms with Gasteiger partial charge in [0, 0.05) is 23.8 Å². The summed E-state index contributed by atoms with van der Waals surface area (Å²) in [6, 6.07) is 4.36. The molecule has 2 aromatic rings. The Morgan fingerprint density at radius 3 is 2.95 bits per heavy atom. The Labute approximate surface area is 118 Å². The van der Waals surface area contributed by atoms with Crippen LogP contribution in [0, 0.1) is 0 Å². The van der Waals surface area contributed by atoms with E-state index in [1.807, 2.05) is 12.3 Å². The molecule has 0 aliphatic carbocycles. The highest BCUT2D eigenvalue weighted by atomic mass is 32.1. The maximum atomic E-state index is 5.66. The van der Waals surface area contributed by atoms with E-state index in [1.54, 1.807) is 11.3 Å². The van der Waals surface area contributed by atoms with Gasteiger partial charge in [-0.05, 0) is 32.1 Å². The van der Waals surface area contributed by atoms with Gasteiger partial charge >= 0.3 is 0 Å². The lowest BCUT2D eigenvalue weighted by Gasteiger charge is -2.25. The minimum absolute atomic E-state index is 0.201. The van der Waals surface area contributed by atoms with Crippen LogP contribution in [0.3, 0.4) is 0 Å². The van der Waals surface area contributed by atoms with Crippen molar-refractivity contribution in [1.82, 2.24) is 14.9 Å². The zero-order valence-corrected chi connectivity index (χ0v) is 12.4. The van der Waals surface area contributed by atoms with Crippen molar-refractivity contribution < 1.29 is 0 Å². The van der Waals surface area contributed by atoms with Gasteiger partial charge in [-0.2, -0.15) is 0 Å². The fraction of sp³-hybridized carbons (Fsp3) is 0.500. The predicted molar refractivity (Wildman–Crippen MR) is 80.2 cm³/mol. The third-order valence-corrected chi connectivity index (χ3v) is 4.18. The lowest BCUT2D eigenvalue weighted by Crippen LogP contribution is -2.27. The number of aromatic amines is 1. The normalized spacial score (nSPS) is 13.1. The smallest absolute Gasteiger partial charge is 0.116 e. The van der Waals surface area contributed by atoms with Gasteiger partial charge in [0.25, 0.3) is 0 Å². The predicted octanol–water partition coefficient (Wildman–Crippen LogP) is 2.75. The molecule has 104 valence electrons. The van der Waals surface area contributed by atoms with E-state index >= 15 is 0 Å². The molecule has 0 fully saturated rings. The highest BCUT2D eigenvalue weighted by Crippen LogP contribution is 2.29. The van der Waals surface area contributed by atoms with Gasteiger partial charge in [-0.25, -0.2) is 4.98 Å². The molecule has 0 bridgehead atoms. The summed E-state index contributed by atoms with van der Waals surface area (Å²) in [5.41, 5.74) is 7.82. The van der Waals surface area contributed by atoms with Gasteiger partial charge in [0.1, 0.15) is 11.0 Å².